The van der Waals surface area contributed by atoms with E-state index < -0.39 is 0 Å². The number of H-pyrrole nitrogens is 1. The van der Waals surface area contributed by atoms with Crippen LogP contribution in [0, 0.1) is 0 Å². The van der Waals surface area contributed by atoms with Gasteiger partial charge in [-0.3, -0.25) is 4.70 Å². The van der Waals surface area contributed by atoms with Crippen LogP contribution in [0.2, 0.25) is 0 Å². The normalized spacial score (nSPS) is 7.33. The summed E-state index contributed by atoms with van der Waals surface area (Å²) in [6, 6.07) is 12.0. The highest BCUT2D eigenvalue weighted by molar-refractivity contribution is 4.99. The minimum atomic E-state index is 0. The van der Waals surface area contributed by atoms with E-state index in [-0.39, 0.29) is 4.70 Å². The molecule has 0 saturated carbocycles. The highest BCUT2D eigenvalue weighted by Crippen LogP contribution is 1.79. The van der Waals surface area contributed by atoms with Gasteiger partial charge in [-0.15, -0.1) is 0 Å². The summed E-state index contributed by atoms with van der Waals surface area (Å²) in [5, 5.41) is 0. The summed E-state index contributed by atoms with van der Waals surface area (Å²) in [5.41, 5.74) is 0. The highest BCUT2D eigenvalue weighted by Gasteiger charge is 1.58. The Kier molecular flexibility index (Phi) is 6.45. The summed E-state index contributed by atoms with van der Waals surface area (Å²) in [6.45, 7) is 0. The second-order valence-corrected chi connectivity index (χ2v) is 1.92. The van der Waals surface area contributed by atoms with Gasteiger partial charge in [0.2, 0.25) is 0 Å². The zero-order valence-electron chi connectivity index (χ0n) is 6.55. The summed E-state index contributed by atoms with van der Waals surface area (Å²) in [6.07, 6.45) is 5.08. The van der Waals surface area contributed by atoms with Crippen molar-refractivity contribution in [2.75, 3.05) is 0 Å². The van der Waals surface area contributed by atoms with Gasteiger partial charge in [0, 0.05) is 12.4 Å². The molecule has 1 aromatic carbocycles. The molecule has 12 heavy (non-hydrogen) atoms. The second-order valence-electron chi connectivity index (χ2n) is 1.92. The Balaban J connectivity index is 0.000000189. The van der Waals surface area contributed by atoms with Gasteiger partial charge in [-0.05, 0) is 0 Å². The van der Waals surface area contributed by atoms with Gasteiger partial charge in [-0.25, -0.2) is 4.98 Å². The van der Waals surface area contributed by atoms with Gasteiger partial charge in [0.25, 0.3) is 0 Å². The van der Waals surface area contributed by atoms with Gasteiger partial charge in [0.05, 0.1) is 6.33 Å². The third-order valence-corrected chi connectivity index (χ3v) is 1.07. The molecule has 1 N–H and O–H groups in total. The molecule has 2 aromatic rings. The van der Waals surface area contributed by atoms with Crippen LogP contribution in [0.1, 0.15) is 0 Å². The van der Waals surface area contributed by atoms with Crippen molar-refractivity contribution in [3.63, 3.8) is 0 Å². The number of benzene rings is 1. The first-order chi connectivity index (χ1) is 5.50. The Hall–Kier alpha value is -1.64. The zero-order chi connectivity index (χ0) is 7.78. The van der Waals surface area contributed by atoms with E-state index in [2.05, 4.69) is 9.97 Å². The van der Waals surface area contributed by atoms with Crippen LogP contribution < -0.4 is 0 Å². The Morgan fingerprint density at radius 2 is 1.33 bits per heavy atom. The number of hydrogen-bond acceptors (Lipinski definition) is 1. The first-order valence-electron chi connectivity index (χ1n) is 3.43. The van der Waals surface area contributed by atoms with E-state index in [1.807, 2.05) is 36.4 Å². The first kappa shape index (κ1) is 10.4. The van der Waals surface area contributed by atoms with Crippen LogP contribution in [0.25, 0.3) is 0 Å². The number of nitrogens with zero attached hydrogens (tertiary/aromatic N) is 1. The predicted molar refractivity (Wildman–Crippen MR) is 47.5 cm³/mol. The lowest BCUT2D eigenvalue weighted by Gasteiger charge is -1.69. The van der Waals surface area contributed by atoms with Gasteiger partial charge < -0.3 is 4.98 Å². The molecular weight excluding hydrogens is 155 g/mol. The average molecular weight is 166 g/mol. The lowest BCUT2D eigenvalue weighted by molar-refractivity contribution is 1.11. The predicted octanol–water partition coefficient (Wildman–Crippen LogP) is 2.25. The molecule has 0 atom stereocenters. The first-order valence-corrected chi connectivity index (χ1v) is 3.43. The summed E-state index contributed by atoms with van der Waals surface area (Å²) >= 11 is 0. The molecule has 0 amide bonds. The van der Waals surface area contributed by atoms with Crippen LogP contribution >= 0.6 is 0 Å². The molecule has 0 fully saturated rings. The average Bonchev–Trinajstić information content (AvgIpc) is 2.64. The van der Waals surface area contributed by atoms with E-state index in [1.165, 1.54) is 0 Å². The van der Waals surface area contributed by atoms with Crippen LogP contribution in [-0.4, -0.2) is 9.97 Å². The van der Waals surface area contributed by atoms with E-state index in [1.54, 1.807) is 18.7 Å². The molecule has 1 heterocycles. The van der Waals surface area contributed by atoms with Gasteiger partial charge >= 0.3 is 0 Å². The molecule has 0 bridgehead atoms. The number of aromatic nitrogens is 2. The highest BCUT2D eigenvalue weighted by atomic mass is 19.0. The van der Waals surface area contributed by atoms with Crippen molar-refractivity contribution in [3.8, 4) is 0 Å². The van der Waals surface area contributed by atoms with Crippen LogP contribution in [0.4, 0.5) is 4.70 Å². The SMILES string of the molecule is F.c1c[nH]cn1.c1ccccc1. The Morgan fingerprint density at radius 3 is 1.50 bits per heavy atom. The molecule has 0 aliphatic carbocycles. The third kappa shape index (κ3) is 5.17. The lowest BCUT2D eigenvalue weighted by atomic mass is 10.4. The fourth-order valence-electron chi connectivity index (χ4n) is 0.600. The van der Waals surface area contributed by atoms with Crippen molar-refractivity contribution >= 4 is 0 Å². The minimum absolute atomic E-state index is 0. The zero-order valence-corrected chi connectivity index (χ0v) is 6.55. The fraction of sp³-hybridized carbons (Fsp3) is 0. The minimum Gasteiger partial charge on any atom is -0.351 e. The smallest absolute Gasteiger partial charge is 0.0919 e. The van der Waals surface area contributed by atoms with Crippen LogP contribution in [0.5, 0.6) is 0 Å². The lowest BCUT2D eigenvalue weighted by Crippen LogP contribution is -1.47. The molecule has 2 rings (SSSR count). The van der Waals surface area contributed by atoms with E-state index in [0.29, 0.717) is 0 Å². The summed E-state index contributed by atoms with van der Waals surface area (Å²) in [7, 11) is 0. The largest absolute Gasteiger partial charge is 0.351 e. The molecular formula is C9H11FN2. The molecule has 2 nitrogen and oxygen atoms in total. The van der Waals surface area contributed by atoms with Crippen molar-refractivity contribution in [1.82, 2.24) is 9.97 Å². The summed E-state index contributed by atoms with van der Waals surface area (Å²) < 4.78 is 0. The maximum atomic E-state index is 3.67. The second kappa shape index (κ2) is 7.47. The summed E-state index contributed by atoms with van der Waals surface area (Å²) in [4.78, 5) is 6.42. The number of aromatic amines is 1. The van der Waals surface area contributed by atoms with E-state index >= 15 is 0 Å². The van der Waals surface area contributed by atoms with Crippen LogP contribution in [-0.2, 0) is 0 Å². The number of hydrogen-bond donors (Lipinski definition) is 1. The van der Waals surface area contributed by atoms with E-state index in [0.717, 1.165) is 0 Å². The summed E-state index contributed by atoms with van der Waals surface area (Å²) in [5.74, 6) is 0. The Bertz CT molecular complexity index is 198. The quantitative estimate of drug-likeness (QED) is 0.638. The maximum absolute atomic E-state index is 3.67. The van der Waals surface area contributed by atoms with Crippen LogP contribution in [0.3, 0.4) is 0 Å². The Labute approximate surface area is 70.7 Å². The molecule has 0 saturated heterocycles. The van der Waals surface area contributed by atoms with Gasteiger partial charge in [0.1, 0.15) is 0 Å². The number of halogens is 1. The van der Waals surface area contributed by atoms with E-state index in [9.17, 15) is 0 Å². The van der Waals surface area contributed by atoms with Crippen LogP contribution in [0.15, 0.2) is 55.1 Å². The maximum Gasteiger partial charge on any atom is 0.0919 e. The van der Waals surface area contributed by atoms with Crippen molar-refractivity contribution in [2.24, 2.45) is 0 Å². The molecule has 3 heteroatoms. The molecule has 64 valence electrons. The van der Waals surface area contributed by atoms with Gasteiger partial charge in [-0.2, -0.15) is 0 Å². The molecule has 0 aliphatic heterocycles. The number of imidazole rings is 1. The molecule has 0 radical (unpaired) electrons. The van der Waals surface area contributed by atoms with Crippen molar-refractivity contribution in [2.45, 2.75) is 0 Å². The Morgan fingerprint density at radius 1 is 0.833 bits per heavy atom. The third-order valence-electron chi connectivity index (χ3n) is 1.07. The molecule has 0 aliphatic rings. The fourth-order valence-corrected chi connectivity index (χ4v) is 0.600. The van der Waals surface area contributed by atoms with E-state index in [4.69, 9.17) is 0 Å². The van der Waals surface area contributed by atoms with Crippen molar-refractivity contribution in [1.29, 1.82) is 0 Å². The van der Waals surface area contributed by atoms with Crippen molar-refractivity contribution < 1.29 is 4.70 Å². The van der Waals surface area contributed by atoms with Gasteiger partial charge in [-0.1, -0.05) is 36.4 Å². The standard InChI is InChI=1S/C6H6.C3H4N2.FH/c1-2-4-6-5-3-1;1-2-5-3-4-1;/h1-6H;1-3H,(H,4,5);1H. The molecule has 0 unspecified atom stereocenters. The monoisotopic (exact) mass is 166 g/mol. The topological polar surface area (TPSA) is 28.7 Å². The number of rotatable bonds is 0. The molecule has 0 spiro atoms. The van der Waals surface area contributed by atoms with Gasteiger partial charge in [0.15, 0.2) is 0 Å². The molecule has 1 aromatic heterocycles. The number of nitrogens with one attached hydrogen (secondary N) is 1. The van der Waals surface area contributed by atoms with Crippen molar-refractivity contribution in [3.05, 3.63) is 55.1 Å².